The van der Waals surface area contributed by atoms with E-state index >= 15 is 0 Å². The summed E-state index contributed by atoms with van der Waals surface area (Å²) < 4.78 is 12.1. The zero-order chi connectivity index (χ0) is 29.1. The van der Waals surface area contributed by atoms with E-state index in [0.29, 0.717) is 30.4 Å². The third-order valence-corrected chi connectivity index (χ3v) is 7.83. The van der Waals surface area contributed by atoms with Crippen LogP contribution in [0.15, 0.2) is 109 Å². The van der Waals surface area contributed by atoms with Crippen molar-refractivity contribution in [3.05, 3.63) is 137 Å². The van der Waals surface area contributed by atoms with Crippen LogP contribution in [0.4, 0.5) is 0 Å². The van der Waals surface area contributed by atoms with Crippen LogP contribution in [0.1, 0.15) is 51.4 Å². The van der Waals surface area contributed by atoms with Crippen molar-refractivity contribution < 1.29 is 19.1 Å². The SMILES string of the molecule is CNC(=O)c1ccc(COc2cccc(C(C(=O)OCC3CCN(Cc4ccccc4)CC3)c3ccccc3)c2)cc1. The van der Waals surface area contributed by atoms with Crippen LogP contribution >= 0.6 is 0 Å². The Hall–Kier alpha value is -4.42. The van der Waals surface area contributed by atoms with Crippen LogP contribution in [-0.4, -0.2) is 43.5 Å². The number of carbonyl (C=O) groups excluding carboxylic acids is 2. The quantitative estimate of drug-likeness (QED) is 0.220. The largest absolute Gasteiger partial charge is 0.489 e. The highest BCUT2D eigenvalue weighted by atomic mass is 16.5. The Labute approximate surface area is 248 Å². The van der Waals surface area contributed by atoms with Crippen molar-refractivity contribution >= 4 is 11.9 Å². The molecule has 0 spiro atoms. The minimum absolute atomic E-state index is 0.123. The lowest BCUT2D eigenvalue weighted by Crippen LogP contribution is -2.35. The van der Waals surface area contributed by atoms with E-state index in [9.17, 15) is 9.59 Å². The van der Waals surface area contributed by atoms with E-state index in [0.717, 1.165) is 49.2 Å². The van der Waals surface area contributed by atoms with Gasteiger partial charge < -0.3 is 14.8 Å². The van der Waals surface area contributed by atoms with Crippen LogP contribution in [-0.2, 0) is 22.7 Å². The third kappa shape index (κ3) is 7.86. The van der Waals surface area contributed by atoms with Crippen LogP contribution in [0, 0.1) is 5.92 Å². The molecule has 1 amide bonds. The van der Waals surface area contributed by atoms with Crippen LogP contribution in [0.25, 0.3) is 0 Å². The number of likely N-dealkylation sites (tertiary alicyclic amines) is 1. The van der Waals surface area contributed by atoms with Crippen molar-refractivity contribution in [2.24, 2.45) is 5.92 Å². The van der Waals surface area contributed by atoms with E-state index in [4.69, 9.17) is 9.47 Å². The van der Waals surface area contributed by atoms with E-state index in [-0.39, 0.29) is 11.9 Å². The molecule has 6 heteroatoms. The predicted octanol–water partition coefficient (Wildman–Crippen LogP) is 6.21. The van der Waals surface area contributed by atoms with Crippen molar-refractivity contribution in [3.63, 3.8) is 0 Å². The fraction of sp³-hybridized carbons (Fsp3) is 0.278. The fourth-order valence-corrected chi connectivity index (χ4v) is 5.39. The number of ether oxygens (including phenoxy) is 2. The highest BCUT2D eigenvalue weighted by molar-refractivity contribution is 5.93. The Kier molecular flexibility index (Phi) is 10.0. The maximum absolute atomic E-state index is 13.6. The van der Waals surface area contributed by atoms with Crippen molar-refractivity contribution in [1.29, 1.82) is 0 Å². The zero-order valence-corrected chi connectivity index (χ0v) is 24.1. The summed E-state index contributed by atoms with van der Waals surface area (Å²) in [7, 11) is 1.61. The Morgan fingerprint density at radius 2 is 1.48 bits per heavy atom. The first-order chi connectivity index (χ1) is 20.6. The van der Waals surface area contributed by atoms with Gasteiger partial charge in [0.1, 0.15) is 18.3 Å². The number of piperidine rings is 1. The number of carbonyl (C=O) groups is 2. The number of amides is 1. The molecule has 4 aromatic rings. The highest BCUT2D eigenvalue weighted by Gasteiger charge is 2.27. The molecule has 1 N–H and O–H groups in total. The first-order valence-corrected chi connectivity index (χ1v) is 14.6. The number of benzene rings is 4. The van der Waals surface area contributed by atoms with E-state index in [2.05, 4.69) is 34.5 Å². The lowest BCUT2D eigenvalue weighted by atomic mass is 9.91. The molecule has 4 aromatic carbocycles. The summed E-state index contributed by atoms with van der Waals surface area (Å²) in [6.45, 7) is 3.76. The molecule has 0 aromatic heterocycles. The van der Waals surface area contributed by atoms with Crippen LogP contribution in [0.3, 0.4) is 0 Å². The molecule has 1 atom stereocenters. The normalized spacial score (nSPS) is 14.6. The standard InChI is InChI=1S/C36H38N2O4/c1-37-35(39)31-17-15-28(16-18-31)25-41-33-14-8-13-32(23-33)34(30-11-6-3-7-12-30)36(40)42-26-29-19-21-38(22-20-29)24-27-9-4-2-5-10-27/h2-18,23,29,34H,19-22,24-26H2,1H3,(H,37,39). The van der Waals surface area contributed by atoms with Gasteiger partial charge in [0.05, 0.1) is 6.61 Å². The predicted molar refractivity (Wildman–Crippen MR) is 164 cm³/mol. The maximum atomic E-state index is 13.6. The summed E-state index contributed by atoms with van der Waals surface area (Å²) in [6.07, 6.45) is 2.03. The average Bonchev–Trinajstić information content (AvgIpc) is 3.05. The Balaban J connectivity index is 1.20. The van der Waals surface area contributed by atoms with Gasteiger partial charge in [-0.25, -0.2) is 0 Å². The summed E-state index contributed by atoms with van der Waals surface area (Å²) >= 11 is 0. The first kappa shape index (κ1) is 29.1. The number of rotatable bonds is 11. The zero-order valence-electron chi connectivity index (χ0n) is 24.1. The van der Waals surface area contributed by atoms with E-state index in [1.165, 1.54) is 5.56 Å². The maximum Gasteiger partial charge on any atom is 0.317 e. The van der Waals surface area contributed by atoms with Gasteiger partial charge in [0, 0.05) is 19.2 Å². The van der Waals surface area contributed by atoms with Crippen molar-refractivity contribution in [2.45, 2.75) is 31.9 Å². The minimum atomic E-state index is -0.542. The van der Waals surface area contributed by atoms with Crippen LogP contribution < -0.4 is 10.1 Å². The number of nitrogens with one attached hydrogen (secondary N) is 1. The summed E-state index contributed by atoms with van der Waals surface area (Å²) in [4.78, 5) is 27.9. The molecule has 1 heterocycles. The lowest BCUT2D eigenvalue weighted by Gasteiger charge is -2.32. The molecular formula is C36H38N2O4. The second-order valence-electron chi connectivity index (χ2n) is 10.8. The molecule has 6 nitrogen and oxygen atoms in total. The molecule has 1 aliphatic heterocycles. The average molecular weight is 563 g/mol. The fourth-order valence-electron chi connectivity index (χ4n) is 5.39. The number of esters is 1. The molecule has 0 aliphatic carbocycles. The molecule has 5 rings (SSSR count). The summed E-state index contributed by atoms with van der Waals surface area (Å²) in [5.41, 5.74) is 4.60. The summed E-state index contributed by atoms with van der Waals surface area (Å²) in [6, 6.07) is 35.3. The van der Waals surface area contributed by atoms with Gasteiger partial charge in [0.25, 0.3) is 5.91 Å². The number of hydrogen-bond donors (Lipinski definition) is 1. The molecule has 0 bridgehead atoms. The van der Waals surface area contributed by atoms with Gasteiger partial charge in [-0.1, -0.05) is 84.9 Å². The molecular weight excluding hydrogens is 524 g/mol. The Morgan fingerprint density at radius 1 is 0.810 bits per heavy atom. The molecule has 1 unspecified atom stereocenters. The molecule has 1 fully saturated rings. The van der Waals surface area contributed by atoms with Gasteiger partial charge in [-0.05, 0) is 78.4 Å². The molecule has 1 saturated heterocycles. The van der Waals surface area contributed by atoms with Crippen LogP contribution in [0.2, 0.25) is 0 Å². The smallest absolute Gasteiger partial charge is 0.317 e. The Bertz CT molecular complexity index is 1430. The lowest BCUT2D eigenvalue weighted by molar-refractivity contribution is -0.146. The number of hydrogen-bond acceptors (Lipinski definition) is 5. The minimum Gasteiger partial charge on any atom is -0.489 e. The Morgan fingerprint density at radius 3 is 2.17 bits per heavy atom. The third-order valence-electron chi connectivity index (χ3n) is 7.83. The van der Waals surface area contributed by atoms with Gasteiger partial charge in [-0.2, -0.15) is 0 Å². The van der Waals surface area contributed by atoms with Gasteiger partial charge in [-0.15, -0.1) is 0 Å². The monoisotopic (exact) mass is 562 g/mol. The molecule has 0 saturated carbocycles. The highest BCUT2D eigenvalue weighted by Crippen LogP contribution is 2.30. The number of nitrogens with zero attached hydrogens (tertiary/aromatic N) is 1. The summed E-state index contributed by atoms with van der Waals surface area (Å²) in [5.74, 6) is 0.126. The van der Waals surface area contributed by atoms with Gasteiger partial charge >= 0.3 is 5.97 Å². The van der Waals surface area contributed by atoms with E-state index < -0.39 is 5.92 Å². The van der Waals surface area contributed by atoms with Crippen LogP contribution in [0.5, 0.6) is 5.75 Å². The van der Waals surface area contributed by atoms with Crippen molar-refractivity contribution in [1.82, 2.24) is 10.2 Å². The molecule has 42 heavy (non-hydrogen) atoms. The second-order valence-corrected chi connectivity index (χ2v) is 10.8. The van der Waals surface area contributed by atoms with Gasteiger partial charge in [0.2, 0.25) is 0 Å². The van der Waals surface area contributed by atoms with Crippen molar-refractivity contribution in [3.8, 4) is 5.75 Å². The molecule has 0 radical (unpaired) electrons. The second kappa shape index (κ2) is 14.5. The van der Waals surface area contributed by atoms with E-state index in [1.54, 1.807) is 19.2 Å². The van der Waals surface area contributed by atoms with Crippen molar-refractivity contribution in [2.75, 3.05) is 26.7 Å². The van der Waals surface area contributed by atoms with Gasteiger partial charge in [0.15, 0.2) is 0 Å². The first-order valence-electron chi connectivity index (χ1n) is 14.6. The van der Waals surface area contributed by atoms with Gasteiger partial charge in [-0.3, -0.25) is 14.5 Å². The van der Waals surface area contributed by atoms with E-state index in [1.807, 2.05) is 72.8 Å². The topological polar surface area (TPSA) is 67.9 Å². The molecule has 216 valence electrons. The molecule has 1 aliphatic rings. The summed E-state index contributed by atoms with van der Waals surface area (Å²) in [5, 5.41) is 2.63.